The predicted octanol–water partition coefficient (Wildman–Crippen LogP) is 2.20. The minimum Gasteiger partial charge on any atom is -0.343 e. The van der Waals surface area contributed by atoms with Crippen LogP contribution >= 0.6 is 0 Å². The van der Waals surface area contributed by atoms with Crippen LogP contribution in [0, 0.1) is 11.6 Å². The van der Waals surface area contributed by atoms with Gasteiger partial charge in [-0.25, -0.2) is 8.78 Å². The molecule has 2 rings (SSSR count). The molecule has 0 bridgehead atoms. The number of nitrogens with zero attached hydrogens (tertiary/aromatic N) is 2. The highest BCUT2D eigenvalue weighted by atomic mass is 19.2. The fourth-order valence-corrected chi connectivity index (χ4v) is 1.41. The van der Waals surface area contributed by atoms with Crippen LogP contribution in [0.25, 0.3) is 0 Å². The second-order valence-corrected chi connectivity index (χ2v) is 3.62. The summed E-state index contributed by atoms with van der Waals surface area (Å²) in [6.07, 6.45) is 1.24. The van der Waals surface area contributed by atoms with Crippen molar-refractivity contribution in [3.05, 3.63) is 47.6 Å². The molecule has 0 saturated heterocycles. The molecule has 1 atom stereocenters. The summed E-state index contributed by atoms with van der Waals surface area (Å²) in [7, 11) is 0. The number of hydrogen-bond donors (Lipinski definition) is 1. The molecular formula is C11H11F2N3O. The minimum atomic E-state index is -0.851. The number of halogens is 2. The van der Waals surface area contributed by atoms with Gasteiger partial charge in [-0.3, -0.25) is 0 Å². The number of nitrogens with one attached hydrogen (secondary N) is 1. The molecule has 6 heteroatoms. The maximum absolute atomic E-state index is 13.0. The summed E-state index contributed by atoms with van der Waals surface area (Å²) >= 11 is 0. The number of benzene rings is 1. The van der Waals surface area contributed by atoms with Gasteiger partial charge in [0.05, 0.1) is 6.54 Å². The molecule has 0 fully saturated rings. The highest BCUT2D eigenvalue weighted by Gasteiger charge is 2.09. The van der Waals surface area contributed by atoms with Crippen molar-refractivity contribution >= 4 is 0 Å². The van der Waals surface area contributed by atoms with Gasteiger partial charge in [0.1, 0.15) is 0 Å². The standard InChI is InChI=1S/C11H11F2N3O/c1-7(14-5-11-15-6-17-16-11)8-2-3-9(12)10(13)4-8/h2-4,6-7,14H,5H2,1H3. The van der Waals surface area contributed by atoms with E-state index < -0.39 is 11.6 Å². The molecule has 1 heterocycles. The Kier molecular flexibility index (Phi) is 3.43. The monoisotopic (exact) mass is 239 g/mol. The molecule has 0 spiro atoms. The maximum Gasteiger partial charge on any atom is 0.213 e. The maximum atomic E-state index is 13.0. The number of rotatable bonds is 4. The Morgan fingerprint density at radius 3 is 2.82 bits per heavy atom. The lowest BCUT2D eigenvalue weighted by Crippen LogP contribution is -2.19. The Morgan fingerprint density at radius 1 is 1.35 bits per heavy atom. The van der Waals surface area contributed by atoms with Crippen LogP contribution in [0.1, 0.15) is 24.4 Å². The zero-order valence-corrected chi connectivity index (χ0v) is 9.15. The Labute approximate surface area is 96.6 Å². The first-order valence-electron chi connectivity index (χ1n) is 5.10. The van der Waals surface area contributed by atoms with E-state index in [0.29, 0.717) is 17.9 Å². The number of aromatic nitrogens is 2. The van der Waals surface area contributed by atoms with Crippen molar-refractivity contribution in [1.82, 2.24) is 15.5 Å². The third kappa shape index (κ3) is 2.85. The summed E-state index contributed by atoms with van der Waals surface area (Å²) < 4.78 is 30.3. The fourth-order valence-electron chi connectivity index (χ4n) is 1.41. The molecular weight excluding hydrogens is 228 g/mol. The van der Waals surface area contributed by atoms with Crippen molar-refractivity contribution in [2.45, 2.75) is 19.5 Å². The third-order valence-corrected chi connectivity index (χ3v) is 2.42. The summed E-state index contributed by atoms with van der Waals surface area (Å²) in [5.74, 6) is -1.19. The molecule has 0 radical (unpaired) electrons. The Morgan fingerprint density at radius 2 is 2.18 bits per heavy atom. The van der Waals surface area contributed by atoms with Crippen LogP contribution in [0.5, 0.6) is 0 Å². The van der Waals surface area contributed by atoms with Gasteiger partial charge in [0.25, 0.3) is 0 Å². The Hall–Kier alpha value is -1.82. The second-order valence-electron chi connectivity index (χ2n) is 3.62. The summed E-state index contributed by atoms with van der Waals surface area (Å²) in [6, 6.07) is 3.68. The van der Waals surface area contributed by atoms with Gasteiger partial charge in [0.2, 0.25) is 6.39 Å². The molecule has 2 aromatic rings. The molecule has 1 aromatic carbocycles. The summed E-state index contributed by atoms with van der Waals surface area (Å²) in [4.78, 5) is 3.84. The normalized spacial score (nSPS) is 12.6. The van der Waals surface area contributed by atoms with E-state index in [0.717, 1.165) is 6.07 Å². The third-order valence-electron chi connectivity index (χ3n) is 2.42. The summed E-state index contributed by atoms with van der Waals surface area (Å²) in [6.45, 7) is 2.24. The zero-order valence-electron chi connectivity index (χ0n) is 9.15. The smallest absolute Gasteiger partial charge is 0.213 e. The molecule has 0 saturated carbocycles. The molecule has 0 aliphatic heterocycles. The average Bonchev–Trinajstić information content (AvgIpc) is 2.82. The lowest BCUT2D eigenvalue weighted by Gasteiger charge is -2.12. The highest BCUT2D eigenvalue weighted by molar-refractivity contribution is 5.20. The van der Waals surface area contributed by atoms with Gasteiger partial charge >= 0.3 is 0 Å². The second kappa shape index (κ2) is 5.01. The van der Waals surface area contributed by atoms with Crippen molar-refractivity contribution in [2.75, 3.05) is 0 Å². The first-order chi connectivity index (χ1) is 8.16. The van der Waals surface area contributed by atoms with Crippen LogP contribution in [0.3, 0.4) is 0 Å². The van der Waals surface area contributed by atoms with Crippen LogP contribution in [-0.2, 0) is 6.54 Å². The summed E-state index contributed by atoms with van der Waals surface area (Å²) in [5, 5.41) is 6.70. The quantitative estimate of drug-likeness (QED) is 0.888. The molecule has 1 unspecified atom stereocenters. The van der Waals surface area contributed by atoms with Crippen molar-refractivity contribution in [2.24, 2.45) is 0 Å². The Balaban J connectivity index is 1.99. The van der Waals surface area contributed by atoms with Gasteiger partial charge in [-0.2, -0.15) is 4.98 Å². The van der Waals surface area contributed by atoms with E-state index in [2.05, 4.69) is 20.0 Å². The van der Waals surface area contributed by atoms with E-state index in [9.17, 15) is 8.78 Å². The first kappa shape index (κ1) is 11.7. The predicted molar refractivity (Wildman–Crippen MR) is 55.9 cm³/mol. The van der Waals surface area contributed by atoms with Crippen molar-refractivity contribution in [3.63, 3.8) is 0 Å². The molecule has 0 amide bonds. The van der Waals surface area contributed by atoms with Crippen LogP contribution in [0.2, 0.25) is 0 Å². The lowest BCUT2D eigenvalue weighted by molar-refractivity contribution is 0.405. The van der Waals surface area contributed by atoms with Gasteiger partial charge in [0, 0.05) is 6.04 Å². The fraction of sp³-hybridized carbons (Fsp3) is 0.273. The molecule has 0 aliphatic carbocycles. The van der Waals surface area contributed by atoms with E-state index in [1.807, 2.05) is 6.92 Å². The topological polar surface area (TPSA) is 51.0 Å². The Bertz CT molecular complexity index is 487. The zero-order chi connectivity index (χ0) is 12.3. The van der Waals surface area contributed by atoms with Gasteiger partial charge in [-0.1, -0.05) is 11.2 Å². The molecule has 4 nitrogen and oxygen atoms in total. The van der Waals surface area contributed by atoms with Crippen molar-refractivity contribution < 1.29 is 13.3 Å². The number of hydrogen-bond acceptors (Lipinski definition) is 4. The van der Waals surface area contributed by atoms with E-state index in [1.165, 1.54) is 18.5 Å². The van der Waals surface area contributed by atoms with Crippen LogP contribution in [0.15, 0.2) is 29.1 Å². The molecule has 17 heavy (non-hydrogen) atoms. The highest BCUT2D eigenvalue weighted by Crippen LogP contribution is 2.16. The molecule has 1 aromatic heterocycles. The van der Waals surface area contributed by atoms with E-state index in [4.69, 9.17) is 0 Å². The summed E-state index contributed by atoms with van der Waals surface area (Å²) in [5.41, 5.74) is 0.660. The van der Waals surface area contributed by atoms with E-state index in [-0.39, 0.29) is 6.04 Å². The minimum absolute atomic E-state index is 0.136. The van der Waals surface area contributed by atoms with Gasteiger partial charge in [-0.05, 0) is 24.6 Å². The van der Waals surface area contributed by atoms with E-state index >= 15 is 0 Å². The van der Waals surface area contributed by atoms with Crippen molar-refractivity contribution in [3.8, 4) is 0 Å². The molecule has 90 valence electrons. The first-order valence-corrected chi connectivity index (χ1v) is 5.10. The van der Waals surface area contributed by atoms with Gasteiger partial charge in [0.15, 0.2) is 17.5 Å². The van der Waals surface area contributed by atoms with Gasteiger partial charge < -0.3 is 9.84 Å². The largest absolute Gasteiger partial charge is 0.343 e. The van der Waals surface area contributed by atoms with Crippen LogP contribution in [-0.4, -0.2) is 10.1 Å². The van der Waals surface area contributed by atoms with Gasteiger partial charge in [-0.15, -0.1) is 0 Å². The van der Waals surface area contributed by atoms with E-state index in [1.54, 1.807) is 0 Å². The van der Waals surface area contributed by atoms with Crippen molar-refractivity contribution in [1.29, 1.82) is 0 Å². The molecule has 1 N–H and O–H groups in total. The SMILES string of the molecule is CC(NCc1ncon1)c1ccc(F)c(F)c1. The van der Waals surface area contributed by atoms with Crippen LogP contribution < -0.4 is 5.32 Å². The molecule has 0 aliphatic rings. The average molecular weight is 239 g/mol. The lowest BCUT2D eigenvalue weighted by atomic mass is 10.1. The van der Waals surface area contributed by atoms with Crippen LogP contribution in [0.4, 0.5) is 8.78 Å².